The van der Waals surface area contributed by atoms with Gasteiger partial charge in [-0.15, -0.1) is 11.3 Å². The molecule has 1 aliphatic heterocycles. The molecule has 0 saturated carbocycles. The first-order valence-corrected chi connectivity index (χ1v) is 6.57. The fourth-order valence-electron chi connectivity index (χ4n) is 1.80. The lowest BCUT2D eigenvalue weighted by Crippen LogP contribution is -2.25. The van der Waals surface area contributed by atoms with Gasteiger partial charge in [0.25, 0.3) is 0 Å². The first-order chi connectivity index (χ1) is 7.20. The van der Waals surface area contributed by atoms with Crippen molar-refractivity contribution < 1.29 is 4.79 Å². The van der Waals surface area contributed by atoms with Crippen LogP contribution in [-0.2, 0) is 11.3 Å². The zero-order valence-corrected chi connectivity index (χ0v) is 10.7. The van der Waals surface area contributed by atoms with Crippen LogP contribution in [0.2, 0.25) is 0 Å². The summed E-state index contributed by atoms with van der Waals surface area (Å²) in [5.74, 6) is 0.568. The summed E-state index contributed by atoms with van der Waals surface area (Å²) in [4.78, 5) is 13.5. The van der Waals surface area contributed by atoms with Crippen molar-refractivity contribution in [2.24, 2.45) is 11.7 Å². The van der Waals surface area contributed by atoms with Crippen molar-refractivity contribution in [2.45, 2.75) is 13.0 Å². The van der Waals surface area contributed by atoms with Crippen molar-refractivity contribution in [3.05, 3.63) is 20.8 Å². The molecule has 0 aromatic carbocycles. The van der Waals surface area contributed by atoms with E-state index in [-0.39, 0.29) is 5.91 Å². The van der Waals surface area contributed by atoms with Gasteiger partial charge in [0, 0.05) is 19.5 Å². The maximum absolute atomic E-state index is 11.6. The lowest BCUT2D eigenvalue weighted by Gasteiger charge is -2.15. The predicted molar refractivity (Wildman–Crippen MR) is 64.6 cm³/mol. The van der Waals surface area contributed by atoms with Crippen LogP contribution in [-0.4, -0.2) is 23.9 Å². The average molecular weight is 289 g/mol. The second-order valence-electron chi connectivity index (χ2n) is 3.80. The van der Waals surface area contributed by atoms with Gasteiger partial charge in [-0.25, -0.2) is 0 Å². The van der Waals surface area contributed by atoms with E-state index in [1.807, 2.05) is 10.3 Å². The van der Waals surface area contributed by atoms with Crippen LogP contribution in [0, 0.1) is 5.92 Å². The Balaban J connectivity index is 2.01. The molecule has 5 heteroatoms. The van der Waals surface area contributed by atoms with E-state index in [0.29, 0.717) is 25.4 Å². The first kappa shape index (κ1) is 11.1. The molecule has 1 aliphatic rings. The first-order valence-electron chi connectivity index (χ1n) is 4.90. The molecule has 3 nitrogen and oxygen atoms in total. The monoisotopic (exact) mass is 288 g/mol. The second-order valence-corrected chi connectivity index (χ2v) is 6.03. The topological polar surface area (TPSA) is 46.3 Å². The predicted octanol–water partition coefficient (Wildman–Crippen LogP) is 1.82. The SMILES string of the molecule is NCC1CC(=O)N(Cc2ccsc2Br)C1. The molecule has 2 N–H and O–H groups in total. The Bertz CT molecular complexity index is 366. The number of carbonyl (C=O) groups excluding carboxylic acids is 1. The number of carbonyl (C=O) groups is 1. The summed E-state index contributed by atoms with van der Waals surface area (Å²) in [6, 6.07) is 2.05. The van der Waals surface area contributed by atoms with Gasteiger partial charge in [0.2, 0.25) is 5.91 Å². The van der Waals surface area contributed by atoms with Gasteiger partial charge in [0.05, 0.1) is 3.79 Å². The average Bonchev–Trinajstić information content (AvgIpc) is 2.76. The van der Waals surface area contributed by atoms with E-state index in [1.54, 1.807) is 11.3 Å². The largest absolute Gasteiger partial charge is 0.338 e. The van der Waals surface area contributed by atoms with Gasteiger partial charge >= 0.3 is 0 Å². The van der Waals surface area contributed by atoms with Gasteiger partial charge in [-0.1, -0.05) is 0 Å². The molecule has 0 aliphatic carbocycles. The number of nitrogens with zero attached hydrogens (tertiary/aromatic N) is 1. The van der Waals surface area contributed by atoms with Gasteiger partial charge in [0.1, 0.15) is 0 Å². The van der Waals surface area contributed by atoms with E-state index in [1.165, 1.54) is 5.56 Å². The van der Waals surface area contributed by atoms with Crippen LogP contribution >= 0.6 is 27.3 Å². The molecule has 0 radical (unpaired) electrons. The highest BCUT2D eigenvalue weighted by Gasteiger charge is 2.28. The molecule has 15 heavy (non-hydrogen) atoms. The number of hydrogen-bond acceptors (Lipinski definition) is 3. The van der Waals surface area contributed by atoms with Crippen LogP contribution in [0.1, 0.15) is 12.0 Å². The third-order valence-corrected chi connectivity index (χ3v) is 4.49. The summed E-state index contributed by atoms with van der Waals surface area (Å²) in [6.45, 7) is 2.12. The van der Waals surface area contributed by atoms with Crippen molar-refractivity contribution in [3.8, 4) is 0 Å². The molecule has 1 unspecified atom stereocenters. The number of nitrogens with two attached hydrogens (primary N) is 1. The third-order valence-electron chi connectivity index (χ3n) is 2.68. The molecule has 1 fully saturated rings. The fraction of sp³-hybridized carbons (Fsp3) is 0.500. The van der Waals surface area contributed by atoms with E-state index in [0.717, 1.165) is 10.3 Å². The summed E-state index contributed by atoms with van der Waals surface area (Å²) in [6.07, 6.45) is 0.609. The van der Waals surface area contributed by atoms with Gasteiger partial charge in [0.15, 0.2) is 0 Å². The molecule has 1 saturated heterocycles. The van der Waals surface area contributed by atoms with Crippen molar-refractivity contribution >= 4 is 33.2 Å². The zero-order chi connectivity index (χ0) is 10.8. The van der Waals surface area contributed by atoms with Crippen LogP contribution in [0.15, 0.2) is 15.2 Å². The third kappa shape index (κ3) is 2.41. The quantitative estimate of drug-likeness (QED) is 0.922. The molecule has 1 aromatic heterocycles. The molecular weight excluding hydrogens is 276 g/mol. The minimum absolute atomic E-state index is 0.226. The number of rotatable bonds is 3. The van der Waals surface area contributed by atoms with Crippen LogP contribution in [0.3, 0.4) is 0 Å². The molecule has 2 heterocycles. The van der Waals surface area contributed by atoms with Crippen molar-refractivity contribution in [1.82, 2.24) is 4.90 Å². The second kappa shape index (κ2) is 4.63. The fourth-order valence-corrected chi connectivity index (χ4v) is 3.02. The van der Waals surface area contributed by atoms with Crippen LogP contribution in [0.25, 0.3) is 0 Å². The maximum Gasteiger partial charge on any atom is 0.223 e. The molecule has 0 bridgehead atoms. The van der Waals surface area contributed by atoms with Crippen LogP contribution in [0.4, 0.5) is 0 Å². The van der Waals surface area contributed by atoms with E-state index in [4.69, 9.17) is 5.73 Å². The molecule has 82 valence electrons. The van der Waals surface area contributed by atoms with Gasteiger partial charge < -0.3 is 10.6 Å². The summed E-state index contributed by atoms with van der Waals surface area (Å²) >= 11 is 5.13. The Morgan fingerprint density at radius 2 is 2.47 bits per heavy atom. The van der Waals surface area contributed by atoms with E-state index < -0.39 is 0 Å². The number of thiophene rings is 1. The van der Waals surface area contributed by atoms with E-state index >= 15 is 0 Å². The molecular formula is C10H13BrN2OS. The maximum atomic E-state index is 11.6. The molecule has 2 rings (SSSR count). The van der Waals surface area contributed by atoms with Gasteiger partial charge in [-0.3, -0.25) is 4.79 Å². The number of halogens is 1. The normalized spacial score (nSPS) is 21.3. The van der Waals surface area contributed by atoms with Crippen LogP contribution < -0.4 is 5.73 Å². The smallest absolute Gasteiger partial charge is 0.223 e. The summed E-state index contributed by atoms with van der Waals surface area (Å²) in [7, 11) is 0. The Morgan fingerprint density at radius 3 is 3.00 bits per heavy atom. The van der Waals surface area contributed by atoms with Crippen molar-refractivity contribution in [3.63, 3.8) is 0 Å². The Kier molecular flexibility index (Phi) is 3.43. The number of likely N-dealkylation sites (tertiary alicyclic amines) is 1. The van der Waals surface area contributed by atoms with Crippen molar-refractivity contribution in [2.75, 3.05) is 13.1 Å². The minimum atomic E-state index is 0.226. The van der Waals surface area contributed by atoms with E-state index in [9.17, 15) is 4.79 Å². The zero-order valence-electron chi connectivity index (χ0n) is 8.28. The molecule has 1 atom stereocenters. The van der Waals surface area contributed by atoms with Gasteiger partial charge in [-0.2, -0.15) is 0 Å². The van der Waals surface area contributed by atoms with Crippen LogP contribution in [0.5, 0.6) is 0 Å². The Hall–Kier alpha value is -0.390. The molecule has 1 aromatic rings. The number of hydrogen-bond donors (Lipinski definition) is 1. The summed E-state index contributed by atoms with van der Waals surface area (Å²) in [5, 5.41) is 2.03. The lowest BCUT2D eigenvalue weighted by molar-refractivity contribution is -0.128. The Labute approximate surface area is 101 Å². The number of amides is 1. The summed E-state index contributed by atoms with van der Waals surface area (Å²) in [5.41, 5.74) is 6.76. The van der Waals surface area contributed by atoms with Crippen molar-refractivity contribution in [1.29, 1.82) is 0 Å². The van der Waals surface area contributed by atoms with Gasteiger partial charge in [-0.05, 0) is 45.4 Å². The highest BCUT2D eigenvalue weighted by Crippen LogP contribution is 2.27. The molecule has 0 spiro atoms. The Morgan fingerprint density at radius 1 is 1.67 bits per heavy atom. The lowest BCUT2D eigenvalue weighted by atomic mass is 10.1. The highest BCUT2D eigenvalue weighted by molar-refractivity contribution is 9.11. The minimum Gasteiger partial charge on any atom is -0.338 e. The standard InChI is InChI=1S/C10H13BrN2OS/c11-10-8(1-2-15-10)6-13-5-7(4-12)3-9(13)14/h1-2,7H,3-6,12H2. The molecule has 1 amide bonds. The highest BCUT2D eigenvalue weighted by atomic mass is 79.9. The summed E-state index contributed by atoms with van der Waals surface area (Å²) < 4.78 is 1.12. The van der Waals surface area contributed by atoms with E-state index in [2.05, 4.69) is 22.0 Å².